The van der Waals surface area contributed by atoms with Gasteiger partial charge >= 0.3 is 0 Å². The van der Waals surface area contributed by atoms with Gasteiger partial charge in [-0.15, -0.1) is 12.4 Å². The first kappa shape index (κ1) is 15.7. The maximum absolute atomic E-state index is 4.58. The minimum atomic E-state index is 0. The van der Waals surface area contributed by atoms with Gasteiger partial charge in [-0.2, -0.15) is 0 Å². The fraction of sp³-hybridized carbons (Fsp3) is 0.500. The number of rotatable bonds is 3. The van der Waals surface area contributed by atoms with Crippen LogP contribution < -0.4 is 5.32 Å². The number of hydrogen-bond acceptors (Lipinski definition) is 3. The highest BCUT2D eigenvalue weighted by atomic mass is 35.5. The molecular weight excluding hydrogens is 294 g/mol. The Labute approximate surface area is 138 Å². The zero-order valence-electron chi connectivity index (χ0n) is 13.0. The van der Waals surface area contributed by atoms with E-state index in [0.29, 0.717) is 6.04 Å². The van der Waals surface area contributed by atoms with Crippen molar-refractivity contribution in [3.8, 4) is 0 Å². The molecule has 22 heavy (non-hydrogen) atoms. The average Bonchev–Trinajstić information content (AvgIpc) is 2.86. The number of aromatic nitrogens is 1. The van der Waals surface area contributed by atoms with Gasteiger partial charge in [0, 0.05) is 36.3 Å². The summed E-state index contributed by atoms with van der Waals surface area (Å²) in [6.07, 6.45) is 7.22. The Balaban J connectivity index is 0.00000144. The van der Waals surface area contributed by atoms with Gasteiger partial charge in [0.05, 0.1) is 5.52 Å². The first-order valence-electron chi connectivity index (χ1n) is 8.08. The number of nitrogens with one attached hydrogen (secondary N) is 1. The Hall–Kier alpha value is -1.16. The number of pyridine rings is 1. The lowest BCUT2D eigenvalue weighted by Crippen LogP contribution is -2.46. The number of fused-ring (bicyclic) bond motifs is 3. The molecule has 2 aliphatic heterocycles. The number of nitrogens with zero attached hydrogens (tertiary/aromatic N) is 2. The van der Waals surface area contributed by atoms with Crippen molar-refractivity contribution in [3.05, 3.63) is 42.1 Å². The summed E-state index contributed by atoms with van der Waals surface area (Å²) in [5, 5.41) is 4.97. The Morgan fingerprint density at radius 2 is 1.86 bits per heavy atom. The summed E-state index contributed by atoms with van der Waals surface area (Å²) in [6.45, 7) is 0.998. The third-order valence-electron chi connectivity index (χ3n) is 5.21. The summed E-state index contributed by atoms with van der Waals surface area (Å²) in [5.74, 6) is 0. The van der Waals surface area contributed by atoms with E-state index in [9.17, 15) is 0 Å². The third-order valence-corrected chi connectivity index (χ3v) is 5.21. The van der Waals surface area contributed by atoms with Crippen molar-refractivity contribution in [1.82, 2.24) is 15.2 Å². The lowest BCUT2D eigenvalue weighted by atomic mass is 9.98. The fourth-order valence-electron chi connectivity index (χ4n) is 4.08. The second kappa shape index (κ2) is 6.53. The quantitative estimate of drug-likeness (QED) is 0.940. The van der Waals surface area contributed by atoms with Gasteiger partial charge < -0.3 is 5.32 Å². The average molecular weight is 318 g/mol. The van der Waals surface area contributed by atoms with E-state index in [1.807, 2.05) is 12.3 Å². The molecule has 118 valence electrons. The van der Waals surface area contributed by atoms with Crippen LogP contribution in [-0.4, -0.2) is 35.1 Å². The standard InChI is InChI=1S/C18H23N3.ClH/c1-21(17-10-15-7-8-16(11-17)20-15)12-14-5-2-4-13-6-3-9-19-18(13)14;/h2-6,9,15-17,20H,7-8,10-12H2,1H3;1H. The molecule has 2 fully saturated rings. The van der Waals surface area contributed by atoms with E-state index in [1.54, 1.807) is 0 Å². The summed E-state index contributed by atoms with van der Waals surface area (Å²) in [4.78, 5) is 7.12. The predicted molar refractivity (Wildman–Crippen MR) is 93.4 cm³/mol. The van der Waals surface area contributed by atoms with Gasteiger partial charge in [0.2, 0.25) is 0 Å². The molecule has 1 N–H and O–H groups in total. The summed E-state index contributed by atoms with van der Waals surface area (Å²) in [7, 11) is 2.28. The zero-order chi connectivity index (χ0) is 14.2. The zero-order valence-corrected chi connectivity index (χ0v) is 13.9. The predicted octanol–water partition coefficient (Wildman–Crippen LogP) is 3.37. The van der Waals surface area contributed by atoms with Crippen LogP contribution in [0.2, 0.25) is 0 Å². The van der Waals surface area contributed by atoms with E-state index >= 15 is 0 Å². The molecule has 1 aromatic carbocycles. The Morgan fingerprint density at radius 3 is 2.64 bits per heavy atom. The molecule has 2 saturated heterocycles. The molecule has 0 radical (unpaired) electrons. The third kappa shape index (κ3) is 2.98. The normalized spacial score (nSPS) is 27.1. The van der Waals surface area contributed by atoms with Crippen LogP contribution in [0, 0.1) is 0 Å². The summed E-state index contributed by atoms with van der Waals surface area (Å²) < 4.78 is 0. The smallest absolute Gasteiger partial charge is 0.0746 e. The second-order valence-electron chi connectivity index (χ2n) is 6.67. The molecule has 4 rings (SSSR count). The minimum absolute atomic E-state index is 0. The molecule has 4 heteroatoms. The fourth-order valence-corrected chi connectivity index (χ4v) is 4.08. The molecule has 0 saturated carbocycles. The Morgan fingerprint density at radius 1 is 1.14 bits per heavy atom. The summed E-state index contributed by atoms with van der Waals surface area (Å²) in [5.41, 5.74) is 2.50. The SMILES string of the molecule is CN(Cc1cccc2cccnc12)C1CC2CCC(C1)N2.Cl. The molecule has 2 atom stereocenters. The molecule has 3 heterocycles. The number of hydrogen-bond donors (Lipinski definition) is 1. The minimum Gasteiger partial charge on any atom is -0.311 e. The van der Waals surface area contributed by atoms with Crippen LogP contribution in [-0.2, 0) is 6.54 Å². The van der Waals surface area contributed by atoms with Crippen LogP contribution in [0.3, 0.4) is 0 Å². The van der Waals surface area contributed by atoms with Crippen molar-refractivity contribution in [3.63, 3.8) is 0 Å². The van der Waals surface area contributed by atoms with E-state index in [1.165, 1.54) is 36.6 Å². The van der Waals surface area contributed by atoms with Crippen LogP contribution in [0.4, 0.5) is 0 Å². The van der Waals surface area contributed by atoms with Crippen molar-refractivity contribution < 1.29 is 0 Å². The Kier molecular flexibility index (Phi) is 4.67. The lowest BCUT2D eigenvalue weighted by Gasteiger charge is -2.35. The molecule has 2 aliphatic rings. The number of benzene rings is 1. The van der Waals surface area contributed by atoms with Crippen LogP contribution in [0.25, 0.3) is 10.9 Å². The van der Waals surface area contributed by atoms with Crippen LogP contribution in [0.5, 0.6) is 0 Å². The van der Waals surface area contributed by atoms with Crippen LogP contribution >= 0.6 is 12.4 Å². The molecule has 0 spiro atoms. The highest BCUT2D eigenvalue weighted by molar-refractivity contribution is 5.85. The summed E-state index contributed by atoms with van der Waals surface area (Å²) >= 11 is 0. The topological polar surface area (TPSA) is 28.2 Å². The van der Waals surface area contributed by atoms with Gasteiger partial charge in [0.15, 0.2) is 0 Å². The van der Waals surface area contributed by atoms with Crippen molar-refractivity contribution >= 4 is 23.3 Å². The van der Waals surface area contributed by atoms with Crippen molar-refractivity contribution in [2.24, 2.45) is 0 Å². The lowest BCUT2D eigenvalue weighted by molar-refractivity contribution is 0.166. The first-order valence-corrected chi connectivity index (χ1v) is 8.08. The van der Waals surface area contributed by atoms with Crippen molar-refractivity contribution in [1.29, 1.82) is 0 Å². The molecule has 0 aliphatic carbocycles. The highest BCUT2D eigenvalue weighted by Crippen LogP contribution is 2.30. The molecule has 2 bridgehead atoms. The van der Waals surface area contributed by atoms with Gasteiger partial charge in [-0.3, -0.25) is 9.88 Å². The van der Waals surface area contributed by atoms with Gasteiger partial charge in [-0.25, -0.2) is 0 Å². The number of piperidine rings is 1. The van der Waals surface area contributed by atoms with Gasteiger partial charge in [-0.1, -0.05) is 24.3 Å². The van der Waals surface area contributed by atoms with E-state index in [0.717, 1.165) is 24.1 Å². The number of halogens is 1. The van der Waals surface area contributed by atoms with E-state index in [4.69, 9.17) is 0 Å². The van der Waals surface area contributed by atoms with Gasteiger partial charge in [0.25, 0.3) is 0 Å². The molecule has 2 aromatic rings. The molecule has 0 amide bonds. The molecular formula is C18H24ClN3. The van der Waals surface area contributed by atoms with Crippen molar-refractivity contribution in [2.45, 2.75) is 50.4 Å². The van der Waals surface area contributed by atoms with Crippen molar-refractivity contribution in [2.75, 3.05) is 7.05 Å². The maximum Gasteiger partial charge on any atom is 0.0746 e. The van der Waals surface area contributed by atoms with Gasteiger partial charge in [0.1, 0.15) is 0 Å². The number of para-hydroxylation sites is 1. The van der Waals surface area contributed by atoms with E-state index in [2.05, 4.69) is 46.5 Å². The second-order valence-corrected chi connectivity index (χ2v) is 6.67. The molecule has 1 aromatic heterocycles. The van der Waals surface area contributed by atoms with E-state index < -0.39 is 0 Å². The van der Waals surface area contributed by atoms with E-state index in [-0.39, 0.29) is 12.4 Å². The molecule has 3 nitrogen and oxygen atoms in total. The highest BCUT2D eigenvalue weighted by Gasteiger charge is 2.35. The molecule has 2 unspecified atom stereocenters. The van der Waals surface area contributed by atoms with Gasteiger partial charge in [-0.05, 0) is 44.4 Å². The maximum atomic E-state index is 4.58. The summed E-state index contributed by atoms with van der Waals surface area (Å²) in [6, 6.07) is 12.9. The van der Waals surface area contributed by atoms with Crippen LogP contribution in [0.1, 0.15) is 31.2 Å². The first-order chi connectivity index (χ1) is 10.3. The largest absolute Gasteiger partial charge is 0.311 e. The monoisotopic (exact) mass is 317 g/mol. The van der Waals surface area contributed by atoms with Crippen LogP contribution in [0.15, 0.2) is 36.5 Å². The Bertz CT molecular complexity index is 628.